The van der Waals surface area contributed by atoms with Gasteiger partial charge in [0, 0.05) is 33.2 Å². The van der Waals surface area contributed by atoms with E-state index in [1.807, 2.05) is 14.1 Å². The van der Waals surface area contributed by atoms with Gasteiger partial charge in [-0.2, -0.15) is 15.0 Å². The van der Waals surface area contributed by atoms with Crippen LogP contribution >= 0.6 is 0 Å². The zero-order valence-corrected chi connectivity index (χ0v) is 13.0. The maximum Gasteiger partial charge on any atom is 0.243 e. The molecule has 0 aliphatic heterocycles. The fraction of sp³-hybridized carbons (Fsp3) is 0.750. The van der Waals surface area contributed by atoms with Gasteiger partial charge in [-0.15, -0.1) is 0 Å². The third kappa shape index (κ3) is 4.78. The molecule has 0 aromatic carbocycles. The van der Waals surface area contributed by atoms with Crippen molar-refractivity contribution in [2.75, 3.05) is 49.9 Å². The zero-order chi connectivity index (χ0) is 15.1. The maximum atomic E-state index is 5.37. The molecule has 0 radical (unpaired) electrons. The van der Waals surface area contributed by atoms with E-state index in [0.29, 0.717) is 23.9 Å². The first-order valence-electron chi connectivity index (χ1n) is 6.82. The lowest BCUT2D eigenvalue weighted by atomic mass is 10.2. The van der Waals surface area contributed by atoms with Gasteiger partial charge in [0.1, 0.15) is 0 Å². The van der Waals surface area contributed by atoms with Gasteiger partial charge in [0.05, 0.1) is 0 Å². The highest BCUT2D eigenvalue weighted by Gasteiger charge is 2.09. The van der Waals surface area contributed by atoms with Gasteiger partial charge in [-0.25, -0.2) is 5.84 Å². The number of hydrogen-bond acceptors (Lipinski definition) is 8. The summed E-state index contributed by atoms with van der Waals surface area (Å²) >= 11 is 0. The Hall–Kier alpha value is -1.67. The maximum absolute atomic E-state index is 5.37. The van der Waals surface area contributed by atoms with Crippen LogP contribution in [0.25, 0.3) is 0 Å². The number of anilines is 3. The van der Waals surface area contributed by atoms with E-state index in [1.54, 1.807) is 4.90 Å². The van der Waals surface area contributed by atoms with Crippen molar-refractivity contribution in [1.29, 1.82) is 0 Å². The molecule has 0 fully saturated rings. The van der Waals surface area contributed by atoms with Crippen LogP contribution in [0.15, 0.2) is 0 Å². The molecule has 1 atom stereocenters. The second kappa shape index (κ2) is 7.81. The molecule has 1 heterocycles. The van der Waals surface area contributed by atoms with E-state index in [0.717, 1.165) is 19.5 Å². The van der Waals surface area contributed by atoms with E-state index >= 15 is 0 Å². The minimum absolute atomic E-state index is 0.349. The van der Waals surface area contributed by atoms with Gasteiger partial charge in [-0.1, -0.05) is 6.92 Å². The Bertz CT molecular complexity index is 408. The van der Waals surface area contributed by atoms with Crippen molar-refractivity contribution in [3.63, 3.8) is 0 Å². The molecule has 4 N–H and O–H groups in total. The van der Waals surface area contributed by atoms with Crippen molar-refractivity contribution in [3.05, 3.63) is 0 Å². The molecular formula is C12H26N8. The molecule has 0 bridgehead atoms. The lowest BCUT2D eigenvalue weighted by Gasteiger charge is -2.23. The highest BCUT2D eigenvalue weighted by atomic mass is 15.4. The topological polar surface area (TPSA) is 95.2 Å². The molecule has 0 aliphatic rings. The van der Waals surface area contributed by atoms with E-state index in [4.69, 9.17) is 5.84 Å². The molecule has 8 heteroatoms. The van der Waals surface area contributed by atoms with Crippen LogP contribution in [0.3, 0.4) is 0 Å². The van der Waals surface area contributed by atoms with Gasteiger partial charge >= 0.3 is 0 Å². The normalized spacial score (nSPS) is 12.3. The predicted molar refractivity (Wildman–Crippen MR) is 82.8 cm³/mol. The third-order valence-electron chi connectivity index (χ3n) is 3.24. The summed E-state index contributed by atoms with van der Waals surface area (Å²) in [5.41, 5.74) is 2.45. The third-order valence-corrected chi connectivity index (χ3v) is 3.24. The fourth-order valence-corrected chi connectivity index (χ4v) is 1.58. The van der Waals surface area contributed by atoms with Crippen LogP contribution in [0.1, 0.15) is 20.3 Å². The number of likely N-dealkylation sites (N-methyl/N-ethyl adjacent to an activating group) is 1. The molecule has 1 unspecified atom stereocenters. The number of rotatable bonds is 8. The van der Waals surface area contributed by atoms with Gasteiger partial charge < -0.3 is 15.1 Å². The van der Waals surface area contributed by atoms with E-state index in [2.05, 4.69) is 51.5 Å². The molecule has 0 saturated heterocycles. The molecule has 114 valence electrons. The van der Waals surface area contributed by atoms with Crippen LogP contribution in [0.4, 0.5) is 17.8 Å². The molecule has 1 aromatic heterocycles. The highest BCUT2D eigenvalue weighted by molar-refractivity contribution is 5.42. The minimum atomic E-state index is 0.349. The number of hydrogen-bond donors (Lipinski definition) is 3. The summed E-state index contributed by atoms with van der Waals surface area (Å²) in [6.45, 7) is 6.08. The van der Waals surface area contributed by atoms with Crippen molar-refractivity contribution in [2.45, 2.75) is 26.3 Å². The van der Waals surface area contributed by atoms with Gasteiger partial charge in [0.15, 0.2) is 0 Å². The SMILES string of the molecule is CCC(C)N(C)CCNc1nc(NN)nc(N(C)C)n1. The molecule has 20 heavy (non-hydrogen) atoms. The Morgan fingerprint density at radius 3 is 2.35 bits per heavy atom. The number of hydrazine groups is 1. The summed E-state index contributed by atoms with van der Waals surface area (Å²) in [7, 11) is 5.85. The Balaban J connectivity index is 2.61. The van der Waals surface area contributed by atoms with Crippen LogP contribution in [0, 0.1) is 0 Å². The molecule has 1 rings (SSSR count). The average Bonchev–Trinajstić information content (AvgIpc) is 2.45. The standard InChI is InChI=1S/C12H26N8/c1-6-9(2)20(5)8-7-14-10-15-11(18-13)17-12(16-10)19(3)4/h9H,6-8,13H2,1-5H3,(H2,14,15,16,17,18). The van der Waals surface area contributed by atoms with Crippen molar-refractivity contribution < 1.29 is 0 Å². The van der Waals surface area contributed by atoms with Crippen LogP contribution in [0.2, 0.25) is 0 Å². The Labute approximate surface area is 120 Å². The van der Waals surface area contributed by atoms with Crippen molar-refractivity contribution in [1.82, 2.24) is 19.9 Å². The smallest absolute Gasteiger partial charge is 0.243 e. The zero-order valence-electron chi connectivity index (χ0n) is 13.0. The van der Waals surface area contributed by atoms with Gasteiger partial charge in [-0.05, 0) is 20.4 Å². The summed E-state index contributed by atoms with van der Waals surface area (Å²) in [6, 6.07) is 0.564. The summed E-state index contributed by atoms with van der Waals surface area (Å²) in [6.07, 6.45) is 1.13. The van der Waals surface area contributed by atoms with E-state index in [1.165, 1.54) is 0 Å². The largest absolute Gasteiger partial charge is 0.353 e. The van der Waals surface area contributed by atoms with Gasteiger partial charge in [0.2, 0.25) is 17.8 Å². The lowest BCUT2D eigenvalue weighted by Crippen LogP contribution is -2.33. The number of nitrogens with one attached hydrogen (secondary N) is 2. The Kier molecular flexibility index (Phi) is 6.40. The first-order valence-corrected chi connectivity index (χ1v) is 6.82. The van der Waals surface area contributed by atoms with E-state index < -0.39 is 0 Å². The summed E-state index contributed by atoms with van der Waals surface area (Å²) < 4.78 is 0. The number of nitrogens with zero attached hydrogens (tertiary/aromatic N) is 5. The number of nitrogens with two attached hydrogens (primary N) is 1. The summed E-state index contributed by atoms with van der Waals surface area (Å²) in [4.78, 5) is 16.8. The quantitative estimate of drug-likeness (QED) is 0.465. The number of nitrogen functional groups attached to an aromatic ring is 1. The second-order valence-corrected chi connectivity index (χ2v) is 4.99. The monoisotopic (exact) mass is 282 g/mol. The molecule has 0 aliphatic carbocycles. The van der Waals surface area contributed by atoms with Crippen molar-refractivity contribution in [2.24, 2.45) is 5.84 Å². The summed E-state index contributed by atoms with van der Waals surface area (Å²) in [5, 5.41) is 3.20. The average molecular weight is 282 g/mol. The van der Waals surface area contributed by atoms with E-state index in [9.17, 15) is 0 Å². The lowest BCUT2D eigenvalue weighted by molar-refractivity contribution is 0.261. The van der Waals surface area contributed by atoms with Gasteiger partial charge in [0.25, 0.3) is 0 Å². The van der Waals surface area contributed by atoms with Crippen molar-refractivity contribution >= 4 is 17.8 Å². The Morgan fingerprint density at radius 2 is 1.80 bits per heavy atom. The summed E-state index contributed by atoms with van der Waals surface area (Å²) in [5.74, 6) is 6.80. The predicted octanol–water partition coefficient (Wildman–Crippen LogP) is 0.365. The number of aromatic nitrogens is 3. The first kappa shape index (κ1) is 16.4. The van der Waals surface area contributed by atoms with Crippen LogP contribution in [-0.2, 0) is 0 Å². The van der Waals surface area contributed by atoms with Crippen molar-refractivity contribution in [3.8, 4) is 0 Å². The van der Waals surface area contributed by atoms with E-state index in [-0.39, 0.29) is 0 Å². The molecule has 0 saturated carbocycles. The molecule has 0 spiro atoms. The molecule has 8 nitrogen and oxygen atoms in total. The van der Waals surface area contributed by atoms with Crippen LogP contribution in [0.5, 0.6) is 0 Å². The Morgan fingerprint density at radius 1 is 1.15 bits per heavy atom. The van der Waals surface area contributed by atoms with Gasteiger partial charge in [-0.3, -0.25) is 5.43 Å². The van der Waals surface area contributed by atoms with Crippen LogP contribution in [-0.4, -0.2) is 60.1 Å². The fourth-order valence-electron chi connectivity index (χ4n) is 1.58. The highest BCUT2D eigenvalue weighted by Crippen LogP contribution is 2.10. The van der Waals surface area contributed by atoms with Crippen LogP contribution < -0.4 is 21.5 Å². The second-order valence-electron chi connectivity index (χ2n) is 4.99. The molecule has 0 amide bonds. The molecular weight excluding hydrogens is 256 g/mol. The molecule has 1 aromatic rings. The first-order chi connectivity index (χ1) is 9.47. The minimum Gasteiger partial charge on any atom is -0.353 e.